The van der Waals surface area contributed by atoms with Crippen LogP contribution < -0.4 is 0 Å². The molecule has 0 aliphatic rings. The largest absolute Gasteiger partial charge is 0.460 e. The quantitative estimate of drug-likeness (QED) is 0.158. The van der Waals surface area contributed by atoms with Crippen molar-refractivity contribution in [3.05, 3.63) is 75.5 Å². The lowest BCUT2D eigenvalue weighted by molar-refractivity contribution is -0.160. The zero-order chi connectivity index (χ0) is 26.8. The van der Waals surface area contributed by atoms with Crippen molar-refractivity contribution in [3.8, 4) is 0 Å². The maximum absolute atomic E-state index is 13.1. The van der Waals surface area contributed by atoms with E-state index in [0.29, 0.717) is 18.8 Å². The number of carbonyl (C=O) groups excluding carboxylic acids is 1. The predicted octanol–water partition coefficient (Wildman–Crippen LogP) is 7.50. The highest BCUT2D eigenvalue weighted by atomic mass is 79.9. The van der Waals surface area contributed by atoms with Crippen LogP contribution in [-0.2, 0) is 22.5 Å². The molecule has 7 heteroatoms. The molecule has 0 fully saturated rings. The topological polar surface area (TPSA) is 69.9 Å². The van der Waals surface area contributed by atoms with Gasteiger partial charge in [-0.1, -0.05) is 85.4 Å². The summed E-state index contributed by atoms with van der Waals surface area (Å²) >= 11 is 3.59. The van der Waals surface area contributed by atoms with Crippen molar-refractivity contribution in [2.24, 2.45) is 5.92 Å². The molecule has 0 aliphatic heterocycles. The third-order valence-corrected chi connectivity index (χ3v) is 6.84. The third kappa shape index (κ3) is 9.37. The van der Waals surface area contributed by atoms with Crippen molar-refractivity contribution >= 4 is 21.9 Å². The number of aryl methyl sites for hydroxylation is 1. The highest BCUT2D eigenvalue weighted by Gasteiger charge is 2.30. The summed E-state index contributed by atoms with van der Waals surface area (Å²) in [7, 11) is 0. The van der Waals surface area contributed by atoms with Crippen molar-refractivity contribution in [2.45, 2.75) is 97.6 Å². The molecular weight excluding hydrogens is 528 g/mol. The Morgan fingerprint density at radius 1 is 1.03 bits per heavy atom. The molecule has 0 amide bonds. The first kappa shape index (κ1) is 29.0. The van der Waals surface area contributed by atoms with Crippen LogP contribution in [0.3, 0.4) is 0 Å². The minimum Gasteiger partial charge on any atom is -0.460 e. The standard InChI is InChI=1S/C30H41BrN4O2/c1-6-8-9-12-22-15-17-23(18-16-22)21-35-33-28(32-34-35)27(24-13-10-14-26(31)19-24)20-25(11-7-2)29(36)37-30(3,4)5/h10,13-19,25,27H,6-9,11-12,20-21H2,1-5H3/t25?,27-/m0/s1. The van der Waals surface area contributed by atoms with Crippen molar-refractivity contribution in [1.82, 2.24) is 20.2 Å². The molecule has 2 aromatic carbocycles. The van der Waals surface area contributed by atoms with E-state index in [9.17, 15) is 4.79 Å². The van der Waals surface area contributed by atoms with Gasteiger partial charge in [0.15, 0.2) is 5.82 Å². The molecule has 0 bridgehead atoms. The van der Waals surface area contributed by atoms with E-state index in [1.807, 2.05) is 32.9 Å². The average Bonchev–Trinajstić information content (AvgIpc) is 3.30. The van der Waals surface area contributed by atoms with Gasteiger partial charge in [-0.2, -0.15) is 4.80 Å². The Kier molecular flexibility index (Phi) is 10.9. The molecule has 200 valence electrons. The number of esters is 1. The lowest BCUT2D eigenvalue weighted by Gasteiger charge is -2.26. The number of aromatic nitrogens is 4. The number of benzene rings is 2. The summed E-state index contributed by atoms with van der Waals surface area (Å²) in [6.45, 7) is 10.6. The number of unbranched alkanes of at least 4 members (excludes halogenated alkanes) is 2. The van der Waals surface area contributed by atoms with Crippen LogP contribution in [-0.4, -0.2) is 31.8 Å². The Morgan fingerprint density at radius 3 is 2.41 bits per heavy atom. The molecule has 2 atom stereocenters. The second kappa shape index (κ2) is 13.8. The van der Waals surface area contributed by atoms with Gasteiger partial charge in [-0.3, -0.25) is 4.79 Å². The van der Waals surface area contributed by atoms with Gasteiger partial charge in [-0.05, 0) is 80.5 Å². The fraction of sp³-hybridized carbons (Fsp3) is 0.533. The molecule has 1 heterocycles. The Hall–Kier alpha value is -2.54. The van der Waals surface area contributed by atoms with Crippen molar-refractivity contribution in [2.75, 3.05) is 0 Å². The summed E-state index contributed by atoms with van der Waals surface area (Å²) in [5, 5.41) is 13.6. The minimum atomic E-state index is -0.527. The lowest BCUT2D eigenvalue weighted by atomic mass is 9.86. The van der Waals surface area contributed by atoms with Crippen LogP contribution in [0.1, 0.15) is 102 Å². The number of tetrazole rings is 1. The van der Waals surface area contributed by atoms with E-state index in [2.05, 4.69) is 76.5 Å². The smallest absolute Gasteiger partial charge is 0.309 e. The first-order valence-corrected chi connectivity index (χ1v) is 14.3. The molecule has 6 nitrogen and oxygen atoms in total. The second-order valence-electron chi connectivity index (χ2n) is 10.8. The number of rotatable bonds is 13. The van der Waals surface area contributed by atoms with Gasteiger partial charge in [-0.25, -0.2) is 0 Å². The number of nitrogens with zero attached hydrogens (tertiary/aromatic N) is 4. The van der Waals surface area contributed by atoms with Gasteiger partial charge >= 0.3 is 5.97 Å². The number of carbonyl (C=O) groups is 1. The zero-order valence-corrected chi connectivity index (χ0v) is 24.5. The number of hydrogen-bond acceptors (Lipinski definition) is 5. The van der Waals surface area contributed by atoms with Gasteiger partial charge in [0.2, 0.25) is 0 Å². The highest BCUT2D eigenvalue weighted by Crippen LogP contribution is 2.33. The molecule has 3 aromatic rings. The van der Waals surface area contributed by atoms with Gasteiger partial charge in [0.05, 0.1) is 12.5 Å². The van der Waals surface area contributed by atoms with Crippen LogP contribution in [0.15, 0.2) is 53.0 Å². The molecule has 37 heavy (non-hydrogen) atoms. The Bertz CT molecular complexity index is 1120. The highest BCUT2D eigenvalue weighted by molar-refractivity contribution is 9.10. The predicted molar refractivity (Wildman–Crippen MR) is 151 cm³/mol. The van der Waals surface area contributed by atoms with Crippen molar-refractivity contribution in [1.29, 1.82) is 0 Å². The van der Waals surface area contributed by atoms with Gasteiger partial charge in [0.25, 0.3) is 0 Å². The van der Waals surface area contributed by atoms with Crippen LogP contribution in [0.25, 0.3) is 0 Å². The molecule has 0 saturated carbocycles. The summed E-state index contributed by atoms with van der Waals surface area (Å²) in [4.78, 5) is 14.7. The van der Waals surface area contributed by atoms with Gasteiger partial charge in [0.1, 0.15) is 5.60 Å². The molecule has 3 rings (SSSR count). The fourth-order valence-electron chi connectivity index (χ4n) is 4.48. The monoisotopic (exact) mass is 568 g/mol. The van der Waals surface area contributed by atoms with Crippen molar-refractivity contribution in [3.63, 3.8) is 0 Å². The van der Waals surface area contributed by atoms with Gasteiger partial charge in [-0.15, -0.1) is 10.2 Å². The summed E-state index contributed by atoms with van der Waals surface area (Å²) < 4.78 is 6.74. The Morgan fingerprint density at radius 2 is 1.76 bits per heavy atom. The maximum Gasteiger partial charge on any atom is 0.309 e. The van der Waals surface area contributed by atoms with E-state index in [1.165, 1.54) is 24.8 Å². The van der Waals surface area contributed by atoms with Crippen molar-refractivity contribution < 1.29 is 9.53 Å². The van der Waals surface area contributed by atoms with Crippen LogP contribution in [0.2, 0.25) is 0 Å². The molecule has 0 N–H and O–H groups in total. The van der Waals surface area contributed by atoms with Gasteiger partial charge in [0, 0.05) is 10.4 Å². The fourth-order valence-corrected chi connectivity index (χ4v) is 4.90. The third-order valence-electron chi connectivity index (χ3n) is 6.34. The molecule has 0 spiro atoms. The SMILES string of the molecule is CCCCCc1ccc(Cn2nnc([C@@H](CC(CCC)C(=O)OC(C)(C)C)c3cccc(Br)c3)n2)cc1. The summed E-state index contributed by atoms with van der Waals surface area (Å²) in [6.07, 6.45) is 7.04. The number of ether oxygens (including phenoxy) is 1. The Labute approximate surface area is 230 Å². The zero-order valence-electron chi connectivity index (χ0n) is 22.9. The molecule has 1 aromatic heterocycles. The van der Waals surface area contributed by atoms with E-state index < -0.39 is 5.60 Å². The first-order valence-electron chi connectivity index (χ1n) is 13.5. The number of halogens is 1. The summed E-state index contributed by atoms with van der Waals surface area (Å²) in [6, 6.07) is 16.8. The normalized spacial score (nSPS) is 13.4. The molecule has 0 aliphatic carbocycles. The van der Waals surface area contributed by atoms with Crippen LogP contribution in [0.5, 0.6) is 0 Å². The molecule has 1 unspecified atom stereocenters. The number of hydrogen-bond donors (Lipinski definition) is 0. The second-order valence-corrected chi connectivity index (χ2v) is 11.7. The van der Waals surface area contributed by atoms with E-state index in [0.717, 1.165) is 34.9 Å². The van der Waals surface area contributed by atoms with E-state index in [4.69, 9.17) is 9.84 Å². The maximum atomic E-state index is 13.1. The van der Waals surface area contributed by atoms with E-state index in [-0.39, 0.29) is 17.8 Å². The molecular formula is C30H41BrN4O2. The summed E-state index contributed by atoms with van der Waals surface area (Å²) in [5.74, 6) is 0.0383. The van der Waals surface area contributed by atoms with Crippen LogP contribution in [0, 0.1) is 5.92 Å². The van der Waals surface area contributed by atoms with E-state index >= 15 is 0 Å². The minimum absolute atomic E-state index is 0.166. The molecule has 0 radical (unpaired) electrons. The average molecular weight is 570 g/mol. The lowest BCUT2D eigenvalue weighted by Crippen LogP contribution is -2.30. The van der Waals surface area contributed by atoms with E-state index in [1.54, 1.807) is 4.80 Å². The Balaban J connectivity index is 1.80. The first-order chi connectivity index (χ1) is 17.7. The van der Waals surface area contributed by atoms with Gasteiger partial charge < -0.3 is 4.74 Å². The summed E-state index contributed by atoms with van der Waals surface area (Å²) in [5.41, 5.74) is 3.03. The van der Waals surface area contributed by atoms with Crippen LogP contribution >= 0.6 is 15.9 Å². The molecule has 0 saturated heterocycles. The van der Waals surface area contributed by atoms with Crippen LogP contribution in [0.4, 0.5) is 0 Å².